The highest BCUT2D eigenvalue weighted by Gasteiger charge is 2.17. The summed E-state index contributed by atoms with van der Waals surface area (Å²) in [6.07, 6.45) is 1.87. The number of rotatable bonds is 5. The highest BCUT2D eigenvalue weighted by atomic mass is 35.5. The Morgan fingerprint density at radius 3 is 2.18 bits per heavy atom. The number of hydrogen-bond donors (Lipinski definition) is 0. The van der Waals surface area contributed by atoms with Gasteiger partial charge in [-0.05, 0) is 37.1 Å². The lowest BCUT2D eigenvalue weighted by Gasteiger charge is -2.21. The van der Waals surface area contributed by atoms with Gasteiger partial charge in [-0.2, -0.15) is 0 Å². The number of amides is 1. The molecule has 0 unspecified atom stereocenters. The summed E-state index contributed by atoms with van der Waals surface area (Å²) in [5, 5.41) is 0.642. The first-order valence-corrected chi connectivity index (χ1v) is 7.86. The van der Waals surface area contributed by atoms with Crippen LogP contribution in [0, 0.1) is 0 Å². The summed E-state index contributed by atoms with van der Waals surface area (Å²) < 4.78 is 0. The van der Waals surface area contributed by atoms with Crippen molar-refractivity contribution in [1.29, 1.82) is 0 Å². The van der Waals surface area contributed by atoms with E-state index in [0.717, 1.165) is 11.1 Å². The Labute approximate surface area is 137 Å². The zero-order valence-electron chi connectivity index (χ0n) is 12.9. The highest BCUT2D eigenvalue weighted by Crippen LogP contribution is 2.24. The molecule has 2 nitrogen and oxygen atoms in total. The average molecular weight is 314 g/mol. The maximum atomic E-state index is 12.8. The summed E-state index contributed by atoms with van der Waals surface area (Å²) in [7, 11) is 0. The fourth-order valence-electron chi connectivity index (χ4n) is 2.32. The van der Waals surface area contributed by atoms with Crippen molar-refractivity contribution in [2.75, 3.05) is 13.1 Å². The molecule has 0 atom stereocenters. The molecule has 0 aliphatic rings. The van der Waals surface area contributed by atoms with Gasteiger partial charge >= 0.3 is 0 Å². The van der Waals surface area contributed by atoms with Crippen molar-refractivity contribution in [1.82, 2.24) is 4.90 Å². The quantitative estimate of drug-likeness (QED) is 0.576. The normalized spacial score (nSPS) is 11.3. The Morgan fingerprint density at radius 2 is 1.59 bits per heavy atom. The van der Waals surface area contributed by atoms with E-state index in [1.807, 2.05) is 79.4 Å². The number of halogens is 1. The van der Waals surface area contributed by atoms with Crippen LogP contribution in [0.3, 0.4) is 0 Å². The van der Waals surface area contributed by atoms with Gasteiger partial charge in [0.25, 0.3) is 5.91 Å². The summed E-state index contributed by atoms with van der Waals surface area (Å²) in [5.41, 5.74) is 2.42. The molecule has 0 spiro atoms. The average Bonchev–Trinajstić information content (AvgIpc) is 2.56. The monoisotopic (exact) mass is 313 g/mol. The smallest absolute Gasteiger partial charge is 0.254 e. The van der Waals surface area contributed by atoms with Crippen molar-refractivity contribution in [3.63, 3.8) is 0 Å². The van der Waals surface area contributed by atoms with Crippen molar-refractivity contribution in [2.24, 2.45) is 0 Å². The molecule has 0 aliphatic heterocycles. The Hall–Kier alpha value is -2.06. The topological polar surface area (TPSA) is 20.3 Å². The van der Waals surface area contributed by atoms with E-state index in [-0.39, 0.29) is 5.91 Å². The molecule has 0 saturated heterocycles. The lowest BCUT2D eigenvalue weighted by atomic mass is 10.0. The fourth-order valence-corrected chi connectivity index (χ4v) is 2.51. The van der Waals surface area contributed by atoms with E-state index in [4.69, 9.17) is 11.6 Å². The third-order valence-electron chi connectivity index (χ3n) is 3.57. The van der Waals surface area contributed by atoms with Gasteiger partial charge in [-0.25, -0.2) is 0 Å². The molecular weight excluding hydrogens is 294 g/mol. The molecule has 0 radical (unpaired) electrons. The van der Waals surface area contributed by atoms with Gasteiger partial charge in [0.1, 0.15) is 0 Å². The molecular formula is C19H20ClNO. The van der Waals surface area contributed by atoms with Crippen LogP contribution in [-0.2, 0) is 4.79 Å². The molecule has 2 aromatic carbocycles. The predicted molar refractivity (Wildman–Crippen MR) is 93.7 cm³/mol. The van der Waals surface area contributed by atoms with E-state index >= 15 is 0 Å². The van der Waals surface area contributed by atoms with Gasteiger partial charge in [-0.15, -0.1) is 0 Å². The largest absolute Gasteiger partial charge is 0.339 e. The van der Waals surface area contributed by atoms with Crippen LogP contribution < -0.4 is 0 Å². The third kappa shape index (κ3) is 3.77. The lowest BCUT2D eigenvalue weighted by Crippen LogP contribution is -2.31. The van der Waals surface area contributed by atoms with Crippen molar-refractivity contribution in [2.45, 2.75) is 13.8 Å². The van der Waals surface area contributed by atoms with Crippen molar-refractivity contribution in [3.8, 4) is 0 Å². The summed E-state index contributed by atoms with van der Waals surface area (Å²) in [5.74, 6) is 0.0242. The van der Waals surface area contributed by atoms with Gasteiger partial charge in [0, 0.05) is 23.7 Å². The number of carbonyl (C=O) groups excluding carboxylic acids is 1. The Kier molecular flexibility index (Phi) is 5.79. The molecule has 2 aromatic rings. The van der Waals surface area contributed by atoms with Crippen LogP contribution in [-0.4, -0.2) is 23.9 Å². The fraction of sp³-hybridized carbons (Fsp3) is 0.211. The van der Waals surface area contributed by atoms with Crippen LogP contribution in [0.2, 0.25) is 5.02 Å². The second-order valence-corrected chi connectivity index (χ2v) is 5.33. The summed E-state index contributed by atoms with van der Waals surface area (Å²) in [4.78, 5) is 14.7. The van der Waals surface area contributed by atoms with Crippen molar-refractivity contribution >= 4 is 29.2 Å². The lowest BCUT2D eigenvalue weighted by molar-refractivity contribution is -0.124. The summed E-state index contributed by atoms with van der Waals surface area (Å²) >= 11 is 6.24. The number of nitrogens with zero attached hydrogens (tertiary/aromatic N) is 1. The zero-order chi connectivity index (χ0) is 15.9. The van der Waals surface area contributed by atoms with E-state index < -0.39 is 0 Å². The number of hydrogen-bond acceptors (Lipinski definition) is 1. The first-order chi connectivity index (χ1) is 10.7. The summed E-state index contributed by atoms with van der Waals surface area (Å²) in [6.45, 7) is 5.34. The number of likely N-dealkylation sites (N-methyl/N-ethyl adjacent to an activating group) is 1. The first kappa shape index (κ1) is 16.3. The molecule has 0 heterocycles. The van der Waals surface area contributed by atoms with Crippen molar-refractivity contribution < 1.29 is 4.79 Å². The Bertz CT molecular complexity index is 660. The Morgan fingerprint density at radius 1 is 1.00 bits per heavy atom. The number of carbonyl (C=O) groups is 1. The van der Waals surface area contributed by atoms with E-state index in [1.165, 1.54) is 0 Å². The molecule has 0 fully saturated rings. The SMILES string of the molecule is CCN(CC)C(=O)/C(=C/c1ccccc1Cl)c1ccccc1. The molecule has 114 valence electrons. The van der Waals surface area contributed by atoms with Crippen molar-refractivity contribution in [3.05, 3.63) is 70.7 Å². The van der Waals surface area contributed by atoms with E-state index in [1.54, 1.807) is 0 Å². The van der Waals surface area contributed by atoms with Crippen LogP contribution in [0.1, 0.15) is 25.0 Å². The van der Waals surface area contributed by atoms with Crippen LogP contribution in [0.4, 0.5) is 0 Å². The van der Waals surface area contributed by atoms with Gasteiger partial charge in [0.2, 0.25) is 0 Å². The molecule has 1 amide bonds. The van der Waals surface area contributed by atoms with Crippen LogP contribution in [0.15, 0.2) is 54.6 Å². The summed E-state index contributed by atoms with van der Waals surface area (Å²) in [6, 6.07) is 17.3. The minimum Gasteiger partial charge on any atom is -0.339 e. The van der Waals surface area contributed by atoms with E-state index in [9.17, 15) is 4.79 Å². The maximum Gasteiger partial charge on any atom is 0.254 e. The minimum absolute atomic E-state index is 0.0242. The molecule has 0 aliphatic carbocycles. The van der Waals surface area contributed by atoms with Crippen LogP contribution in [0.5, 0.6) is 0 Å². The second-order valence-electron chi connectivity index (χ2n) is 4.92. The van der Waals surface area contributed by atoms with E-state index in [2.05, 4.69) is 0 Å². The minimum atomic E-state index is 0.0242. The molecule has 0 bridgehead atoms. The molecule has 0 saturated carbocycles. The molecule has 0 N–H and O–H groups in total. The van der Waals surface area contributed by atoms with Gasteiger partial charge in [0.15, 0.2) is 0 Å². The van der Waals surface area contributed by atoms with Gasteiger partial charge in [-0.3, -0.25) is 4.79 Å². The maximum absolute atomic E-state index is 12.8. The Balaban J connectivity index is 2.51. The van der Waals surface area contributed by atoms with Gasteiger partial charge in [0.05, 0.1) is 0 Å². The molecule has 3 heteroatoms. The van der Waals surface area contributed by atoms with Crippen LogP contribution in [0.25, 0.3) is 11.6 Å². The predicted octanol–water partition coefficient (Wildman–Crippen LogP) is 4.75. The number of benzene rings is 2. The first-order valence-electron chi connectivity index (χ1n) is 7.48. The molecule has 2 rings (SSSR count). The van der Waals surface area contributed by atoms with Gasteiger partial charge < -0.3 is 4.90 Å². The third-order valence-corrected chi connectivity index (χ3v) is 3.92. The standard InChI is InChI=1S/C19H20ClNO/c1-3-21(4-2)19(22)17(15-10-6-5-7-11-15)14-16-12-8-9-13-18(16)20/h5-14H,3-4H2,1-2H3/b17-14+. The van der Waals surface area contributed by atoms with Gasteiger partial charge in [-0.1, -0.05) is 60.1 Å². The second kappa shape index (κ2) is 7.81. The molecule has 0 aromatic heterocycles. The highest BCUT2D eigenvalue weighted by molar-refractivity contribution is 6.33. The van der Waals surface area contributed by atoms with Crippen LogP contribution >= 0.6 is 11.6 Å². The molecule has 22 heavy (non-hydrogen) atoms. The zero-order valence-corrected chi connectivity index (χ0v) is 13.7. The van der Waals surface area contributed by atoms with E-state index in [0.29, 0.717) is 23.7 Å².